The molecule has 126 valence electrons. The van der Waals surface area contributed by atoms with Crippen LogP contribution in [0.4, 0.5) is 0 Å². The van der Waals surface area contributed by atoms with E-state index in [2.05, 4.69) is 25.7 Å². The van der Waals surface area contributed by atoms with Crippen molar-refractivity contribution < 1.29 is 17.9 Å². The molecular weight excluding hydrogens is 292 g/mol. The fourth-order valence-corrected chi connectivity index (χ4v) is 3.68. The zero-order valence-electron chi connectivity index (χ0n) is 13.8. The Balaban J connectivity index is 2.31. The molecule has 0 aliphatic carbocycles. The molecule has 6 nitrogen and oxygen atoms in total. The highest BCUT2D eigenvalue weighted by Crippen LogP contribution is 2.17. The molecule has 1 heterocycles. The van der Waals surface area contributed by atoms with E-state index in [0.717, 1.165) is 19.6 Å². The summed E-state index contributed by atoms with van der Waals surface area (Å²) < 4.78 is 36.1. The van der Waals surface area contributed by atoms with Crippen LogP contribution in [0, 0.1) is 5.41 Å². The van der Waals surface area contributed by atoms with E-state index in [1.54, 1.807) is 11.4 Å². The van der Waals surface area contributed by atoms with Crippen molar-refractivity contribution in [3.63, 3.8) is 0 Å². The first-order valence-corrected chi connectivity index (χ1v) is 9.12. The van der Waals surface area contributed by atoms with Gasteiger partial charge in [0.25, 0.3) is 0 Å². The van der Waals surface area contributed by atoms with E-state index in [0.29, 0.717) is 26.3 Å². The number of methoxy groups -OCH3 is 1. The van der Waals surface area contributed by atoms with Gasteiger partial charge in [-0.05, 0) is 5.41 Å². The lowest BCUT2D eigenvalue weighted by atomic mass is 9.96. The standard InChI is InChI=1S/C14H30N2O4S/c1-14(2,3)13-15-5-7-16(8-6-15)21(17,18)12-11-20-10-9-19-4/h5-13H2,1-4H3. The summed E-state index contributed by atoms with van der Waals surface area (Å²) in [5.74, 6) is 0.0516. The van der Waals surface area contributed by atoms with E-state index in [-0.39, 0.29) is 17.8 Å². The Morgan fingerprint density at radius 2 is 1.62 bits per heavy atom. The van der Waals surface area contributed by atoms with Crippen LogP contribution in [0.1, 0.15) is 20.8 Å². The zero-order valence-corrected chi connectivity index (χ0v) is 14.6. The Hall–Kier alpha value is -0.210. The van der Waals surface area contributed by atoms with Gasteiger partial charge in [0, 0.05) is 39.8 Å². The van der Waals surface area contributed by atoms with E-state index in [1.807, 2.05) is 0 Å². The van der Waals surface area contributed by atoms with Crippen molar-refractivity contribution in [3.05, 3.63) is 0 Å². The zero-order chi connectivity index (χ0) is 15.9. The fourth-order valence-electron chi connectivity index (χ4n) is 2.37. The van der Waals surface area contributed by atoms with E-state index in [9.17, 15) is 8.42 Å². The van der Waals surface area contributed by atoms with Gasteiger partial charge in [-0.15, -0.1) is 0 Å². The molecule has 0 N–H and O–H groups in total. The van der Waals surface area contributed by atoms with Gasteiger partial charge in [-0.25, -0.2) is 8.42 Å². The normalized spacial score (nSPS) is 19.0. The number of hydrogen-bond acceptors (Lipinski definition) is 5. The largest absolute Gasteiger partial charge is 0.382 e. The van der Waals surface area contributed by atoms with Crippen LogP contribution < -0.4 is 0 Å². The topological polar surface area (TPSA) is 59.1 Å². The lowest BCUT2D eigenvalue weighted by molar-refractivity contribution is 0.0778. The van der Waals surface area contributed by atoms with Gasteiger partial charge >= 0.3 is 0 Å². The maximum atomic E-state index is 12.2. The van der Waals surface area contributed by atoms with Crippen LogP contribution in [-0.4, -0.2) is 83.0 Å². The molecule has 0 atom stereocenters. The van der Waals surface area contributed by atoms with Crippen molar-refractivity contribution in [2.45, 2.75) is 20.8 Å². The van der Waals surface area contributed by atoms with Crippen molar-refractivity contribution in [2.24, 2.45) is 5.41 Å². The molecule has 0 amide bonds. The van der Waals surface area contributed by atoms with Gasteiger partial charge in [-0.3, -0.25) is 0 Å². The molecule has 1 rings (SSSR count). The molecule has 0 aromatic carbocycles. The van der Waals surface area contributed by atoms with E-state index in [1.165, 1.54) is 0 Å². The van der Waals surface area contributed by atoms with Gasteiger partial charge in [0.2, 0.25) is 10.0 Å². The highest BCUT2D eigenvalue weighted by atomic mass is 32.2. The maximum absolute atomic E-state index is 12.2. The fraction of sp³-hybridized carbons (Fsp3) is 1.00. The smallest absolute Gasteiger partial charge is 0.216 e. The molecule has 0 bridgehead atoms. The summed E-state index contributed by atoms with van der Waals surface area (Å²) in [6.45, 7) is 11.5. The summed E-state index contributed by atoms with van der Waals surface area (Å²) in [7, 11) is -1.60. The number of ether oxygens (including phenoxy) is 2. The summed E-state index contributed by atoms with van der Waals surface area (Å²) in [4.78, 5) is 2.33. The van der Waals surface area contributed by atoms with Gasteiger partial charge in [-0.2, -0.15) is 4.31 Å². The van der Waals surface area contributed by atoms with Gasteiger partial charge in [-0.1, -0.05) is 20.8 Å². The van der Waals surface area contributed by atoms with Crippen molar-refractivity contribution in [1.82, 2.24) is 9.21 Å². The first-order chi connectivity index (χ1) is 9.74. The van der Waals surface area contributed by atoms with Gasteiger partial charge in [0.05, 0.1) is 25.6 Å². The first kappa shape index (κ1) is 18.8. The van der Waals surface area contributed by atoms with Crippen LogP contribution in [0.5, 0.6) is 0 Å². The van der Waals surface area contributed by atoms with Crippen LogP contribution in [-0.2, 0) is 19.5 Å². The van der Waals surface area contributed by atoms with Crippen LogP contribution >= 0.6 is 0 Å². The van der Waals surface area contributed by atoms with Crippen molar-refractivity contribution in [2.75, 3.05) is 65.4 Å². The lowest BCUT2D eigenvalue weighted by Crippen LogP contribution is -2.51. The molecule has 0 aromatic heterocycles. The summed E-state index contributed by atoms with van der Waals surface area (Å²) in [5, 5.41) is 0. The second-order valence-electron chi connectivity index (χ2n) is 6.66. The van der Waals surface area contributed by atoms with Crippen LogP contribution in [0.15, 0.2) is 0 Å². The summed E-state index contributed by atoms with van der Waals surface area (Å²) >= 11 is 0. The SMILES string of the molecule is COCCOCCS(=O)(=O)N1CCN(CC(C)(C)C)CC1. The second kappa shape index (κ2) is 8.43. The first-order valence-electron chi connectivity index (χ1n) is 7.51. The minimum Gasteiger partial charge on any atom is -0.382 e. The van der Waals surface area contributed by atoms with Crippen LogP contribution in [0.25, 0.3) is 0 Å². The Morgan fingerprint density at radius 3 is 2.14 bits per heavy atom. The quantitative estimate of drug-likeness (QED) is 0.614. The number of rotatable bonds is 8. The molecule has 0 radical (unpaired) electrons. The average molecular weight is 322 g/mol. The third-order valence-corrected chi connectivity index (χ3v) is 5.17. The number of nitrogens with zero attached hydrogens (tertiary/aromatic N) is 2. The number of piperazine rings is 1. The highest BCUT2D eigenvalue weighted by molar-refractivity contribution is 7.89. The molecule has 1 aliphatic rings. The third-order valence-electron chi connectivity index (χ3n) is 3.34. The molecule has 7 heteroatoms. The minimum atomic E-state index is -3.20. The molecule has 0 spiro atoms. The average Bonchev–Trinajstić information content (AvgIpc) is 2.37. The predicted octanol–water partition coefficient (Wildman–Crippen LogP) is 0.643. The van der Waals surface area contributed by atoms with Crippen LogP contribution in [0.3, 0.4) is 0 Å². The molecule has 0 saturated carbocycles. The monoisotopic (exact) mass is 322 g/mol. The third kappa shape index (κ3) is 7.56. The molecule has 1 aliphatic heterocycles. The Labute approximate surface area is 129 Å². The molecule has 0 unspecified atom stereocenters. The van der Waals surface area contributed by atoms with E-state index >= 15 is 0 Å². The molecule has 21 heavy (non-hydrogen) atoms. The number of hydrogen-bond donors (Lipinski definition) is 0. The Kier molecular flexibility index (Phi) is 7.56. The summed E-state index contributed by atoms with van der Waals surface area (Å²) in [5.41, 5.74) is 0.246. The maximum Gasteiger partial charge on any atom is 0.216 e. The summed E-state index contributed by atoms with van der Waals surface area (Å²) in [6.07, 6.45) is 0. The van der Waals surface area contributed by atoms with E-state index < -0.39 is 10.0 Å². The molecular formula is C14H30N2O4S. The highest BCUT2D eigenvalue weighted by Gasteiger charge is 2.28. The second-order valence-corrected chi connectivity index (χ2v) is 8.75. The Bertz CT molecular complexity index is 384. The van der Waals surface area contributed by atoms with E-state index in [4.69, 9.17) is 9.47 Å². The van der Waals surface area contributed by atoms with Gasteiger partial charge in [0.1, 0.15) is 0 Å². The lowest BCUT2D eigenvalue weighted by Gasteiger charge is -2.37. The van der Waals surface area contributed by atoms with Gasteiger partial charge in [0.15, 0.2) is 0 Å². The molecule has 1 fully saturated rings. The minimum absolute atomic E-state index is 0.0516. The van der Waals surface area contributed by atoms with Crippen LogP contribution in [0.2, 0.25) is 0 Å². The van der Waals surface area contributed by atoms with Crippen molar-refractivity contribution in [1.29, 1.82) is 0 Å². The summed E-state index contributed by atoms with van der Waals surface area (Å²) in [6, 6.07) is 0. The predicted molar refractivity (Wildman–Crippen MR) is 83.9 cm³/mol. The Morgan fingerprint density at radius 1 is 1.00 bits per heavy atom. The van der Waals surface area contributed by atoms with Crippen molar-refractivity contribution in [3.8, 4) is 0 Å². The van der Waals surface area contributed by atoms with Gasteiger partial charge < -0.3 is 14.4 Å². The molecule has 0 aromatic rings. The molecule has 1 saturated heterocycles. The van der Waals surface area contributed by atoms with Crippen molar-refractivity contribution >= 4 is 10.0 Å². The number of sulfonamides is 1.